The molecule has 0 aromatic heterocycles. The minimum absolute atomic E-state index is 0.0423. The molecule has 3 aliphatic rings. The first kappa shape index (κ1) is 39.7. The van der Waals surface area contributed by atoms with Gasteiger partial charge in [-0.25, -0.2) is 18.0 Å². The van der Waals surface area contributed by atoms with Crippen LogP contribution < -0.4 is 19.5 Å². The summed E-state index contributed by atoms with van der Waals surface area (Å²) in [7, 11) is -4.32. The van der Waals surface area contributed by atoms with Crippen LogP contribution in [0.2, 0.25) is 0 Å². The van der Waals surface area contributed by atoms with Gasteiger partial charge in [-0.1, -0.05) is 44.2 Å². The third-order valence-corrected chi connectivity index (χ3v) is 11.3. The molecule has 3 aromatic rings. The van der Waals surface area contributed by atoms with Gasteiger partial charge in [0.1, 0.15) is 11.9 Å². The van der Waals surface area contributed by atoms with Gasteiger partial charge in [-0.2, -0.15) is 4.31 Å². The average molecular weight is 786 g/mol. The van der Waals surface area contributed by atoms with E-state index in [0.717, 1.165) is 9.87 Å². The first-order chi connectivity index (χ1) is 26.3. The van der Waals surface area contributed by atoms with Gasteiger partial charge in [0.25, 0.3) is 5.69 Å². The van der Waals surface area contributed by atoms with E-state index in [4.69, 9.17) is 33.2 Å². The maximum absolute atomic E-state index is 14.4. The van der Waals surface area contributed by atoms with E-state index in [0.29, 0.717) is 18.8 Å². The number of nitrogens with one attached hydrogen (secondary N) is 1. The number of aliphatic hydroxyl groups is 1. The number of amides is 1. The molecule has 6 rings (SSSR count). The normalized spacial score (nSPS) is 20.0. The molecule has 5 atom stereocenters. The van der Waals surface area contributed by atoms with Crippen LogP contribution in [0.25, 0.3) is 0 Å². The number of nitro groups is 1. The number of alkyl carbamates (subject to hydrolysis) is 1. The van der Waals surface area contributed by atoms with E-state index in [9.17, 15) is 33.2 Å². The number of hydrogen-bond acceptors (Lipinski definition) is 14. The molecular formula is C37H43N3O14S. The topological polar surface area (TPSA) is 212 Å². The van der Waals surface area contributed by atoms with Crippen LogP contribution in [-0.2, 0) is 35.4 Å². The minimum atomic E-state index is -4.32. The van der Waals surface area contributed by atoms with Crippen molar-refractivity contribution in [2.24, 2.45) is 11.3 Å². The molecule has 2 fully saturated rings. The summed E-state index contributed by atoms with van der Waals surface area (Å²) in [6.45, 7) is 3.39. The molecule has 18 heteroatoms. The highest BCUT2D eigenvalue weighted by Gasteiger charge is 2.44. The fourth-order valence-corrected chi connectivity index (χ4v) is 8.18. The Morgan fingerprint density at radius 2 is 1.80 bits per heavy atom. The number of hydrogen-bond donors (Lipinski definition) is 2. The van der Waals surface area contributed by atoms with Gasteiger partial charge in [0.15, 0.2) is 17.8 Å². The lowest BCUT2D eigenvalue weighted by molar-refractivity contribution is -0.384. The largest absolute Gasteiger partial charge is 0.513 e. The van der Waals surface area contributed by atoms with Gasteiger partial charge in [-0.05, 0) is 54.5 Å². The van der Waals surface area contributed by atoms with E-state index in [1.807, 2.05) is 30.3 Å². The second-order valence-electron chi connectivity index (χ2n) is 14.2. The van der Waals surface area contributed by atoms with Gasteiger partial charge in [-0.15, -0.1) is 0 Å². The number of nitrogens with zero attached hydrogens (tertiary/aromatic N) is 2. The molecule has 0 radical (unpaired) electrons. The van der Waals surface area contributed by atoms with Crippen LogP contribution in [-0.4, -0.2) is 99.2 Å². The number of fused-ring (bicyclic) bond motifs is 2. The van der Waals surface area contributed by atoms with Gasteiger partial charge >= 0.3 is 12.2 Å². The zero-order valence-corrected chi connectivity index (χ0v) is 31.1. The highest BCUT2D eigenvalue weighted by molar-refractivity contribution is 7.89. The number of nitro benzene ring substituents is 1. The third-order valence-electron chi connectivity index (χ3n) is 9.53. The van der Waals surface area contributed by atoms with Crippen molar-refractivity contribution in [3.63, 3.8) is 0 Å². The summed E-state index contributed by atoms with van der Waals surface area (Å²) >= 11 is 0. The summed E-state index contributed by atoms with van der Waals surface area (Å²) in [6.07, 6.45) is -3.25. The number of ether oxygens (including phenoxy) is 7. The van der Waals surface area contributed by atoms with Gasteiger partial charge in [-0.3, -0.25) is 10.1 Å². The molecule has 1 amide bonds. The highest BCUT2D eigenvalue weighted by atomic mass is 32.2. The second-order valence-corrected chi connectivity index (χ2v) is 16.1. The summed E-state index contributed by atoms with van der Waals surface area (Å²) in [5.41, 5.74) is -0.240. The molecule has 2 saturated heterocycles. The van der Waals surface area contributed by atoms with E-state index in [2.05, 4.69) is 5.32 Å². The lowest BCUT2D eigenvalue weighted by atomic mass is 9.89. The molecule has 3 aromatic carbocycles. The molecule has 3 aliphatic heterocycles. The molecule has 0 saturated carbocycles. The standard InChI is InChI=1S/C37H43N3O14S/c1-37(2,15-17-49-36(43)53-26-10-8-25(9-11-26)40(44)45)22-39(55(46,47)27-12-13-31-32(19-27)52-23-51-31)20-30(41)29(18-24-6-4-3-5-7-24)38-35(42)54-33-21-50-34-28(33)14-16-48-34/h3-13,19,28-30,33-34,41H,14-18,20-23H2,1-2H3,(H,38,42)/t28?,29-,30?,33?,34?/m0/s1. The van der Waals surface area contributed by atoms with Crippen LogP contribution in [0, 0.1) is 21.4 Å². The average Bonchev–Trinajstić information content (AvgIpc) is 3.90. The van der Waals surface area contributed by atoms with Crippen molar-refractivity contribution >= 4 is 28.0 Å². The molecule has 0 aliphatic carbocycles. The van der Waals surface area contributed by atoms with E-state index in [1.54, 1.807) is 13.8 Å². The van der Waals surface area contributed by atoms with Crippen LogP contribution in [0.3, 0.4) is 0 Å². The SMILES string of the molecule is CC(C)(CCOC(=O)Oc1ccc([N+](=O)[O-])cc1)CN(CC(O)[C@H](Cc1ccccc1)NC(=O)OC1COC2OCCC12)S(=O)(=O)c1ccc2c(c1)OCO2. The summed E-state index contributed by atoms with van der Waals surface area (Å²) in [5.74, 6) is 0.567. The summed E-state index contributed by atoms with van der Waals surface area (Å²) in [4.78, 5) is 35.9. The Balaban J connectivity index is 1.17. The molecule has 4 unspecified atom stereocenters. The van der Waals surface area contributed by atoms with Crippen LogP contribution in [0.1, 0.15) is 32.3 Å². The molecule has 3 heterocycles. The van der Waals surface area contributed by atoms with Gasteiger partial charge < -0.3 is 43.6 Å². The number of rotatable bonds is 16. The summed E-state index contributed by atoms with van der Waals surface area (Å²) in [6, 6.07) is 17.2. The summed E-state index contributed by atoms with van der Waals surface area (Å²) < 4.78 is 67.9. The van der Waals surface area contributed by atoms with Crippen molar-refractivity contribution in [2.75, 3.05) is 39.7 Å². The molecular weight excluding hydrogens is 742 g/mol. The lowest BCUT2D eigenvalue weighted by Gasteiger charge is -2.35. The Morgan fingerprint density at radius 1 is 1.05 bits per heavy atom. The van der Waals surface area contributed by atoms with Crippen molar-refractivity contribution < 1.29 is 61.2 Å². The van der Waals surface area contributed by atoms with Crippen molar-refractivity contribution in [3.05, 3.63) is 88.5 Å². The maximum atomic E-state index is 14.4. The van der Waals surface area contributed by atoms with Gasteiger partial charge in [0.2, 0.25) is 16.8 Å². The van der Waals surface area contributed by atoms with Crippen LogP contribution in [0.5, 0.6) is 17.2 Å². The molecule has 55 heavy (non-hydrogen) atoms. The Morgan fingerprint density at radius 3 is 2.55 bits per heavy atom. The first-order valence-electron chi connectivity index (χ1n) is 17.7. The van der Waals surface area contributed by atoms with Crippen molar-refractivity contribution in [2.45, 2.75) is 62.5 Å². The Hall–Kier alpha value is -5.01. The predicted octanol–water partition coefficient (Wildman–Crippen LogP) is 4.41. The van der Waals surface area contributed by atoms with E-state index in [1.165, 1.54) is 42.5 Å². The van der Waals surface area contributed by atoms with Crippen LogP contribution >= 0.6 is 0 Å². The van der Waals surface area contributed by atoms with Crippen LogP contribution in [0.15, 0.2) is 77.7 Å². The van der Waals surface area contributed by atoms with E-state index in [-0.39, 0.29) is 67.4 Å². The van der Waals surface area contributed by atoms with Gasteiger partial charge in [0, 0.05) is 31.3 Å². The number of non-ortho nitro benzene ring substituents is 1. The fraction of sp³-hybridized carbons (Fsp3) is 0.459. The second kappa shape index (κ2) is 17.2. The minimum Gasteiger partial charge on any atom is -0.454 e. The smallest absolute Gasteiger partial charge is 0.454 e. The maximum Gasteiger partial charge on any atom is 0.513 e. The zero-order valence-electron chi connectivity index (χ0n) is 30.2. The van der Waals surface area contributed by atoms with Crippen LogP contribution in [0.4, 0.5) is 15.3 Å². The molecule has 17 nitrogen and oxygen atoms in total. The number of benzene rings is 3. The van der Waals surface area contributed by atoms with Crippen molar-refractivity contribution in [1.82, 2.24) is 9.62 Å². The van der Waals surface area contributed by atoms with Gasteiger partial charge in [0.05, 0.1) is 47.7 Å². The molecule has 0 bridgehead atoms. The number of carbonyl (C=O) groups excluding carboxylic acids is 2. The first-order valence-corrected chi connectivity index (χ1v) is 19.1. The van der Waals surface area contributed by atoms with Crippen molar-refractivity contribution in [1.29, 1.82) is 0 Å². The number of aliphatic hydroxyl groups excluding tert-OH is 1. The quantitative estimate of drug-likeness (QED) is 0.0892. The fourth-order valence-electron chi connectivity index (χ4n) is 6.52. The van der Waals surface area contributed by atoms with E-state index < -0.39 is 63.7 Å². The predicted molar refractivity (Wildman–Crippen MR) is 192 cm³/mol. The highest BCUT2D eigenvalue weighted by Crippen LogP contribution is 2.36. The molecule has 2 N–H and O–H groups in total. The number of sulfonamides is 1. The third kappa shape index (κ3) is 10.2. The monoisotopic (exact) mass is 785 g/mol. The zero-order chi connectivity index (χ0) is 39.2. The number of carbonyl (C=O) groups is 2. The van der Waals surface area contributed by atoms with E-state index >= 15 is 0 Å². The lowest BCUT2D eigenvalue weighted by Crippen LogP contribution is -2.52. The Labute approximate surface area is 317 Å². The van der Waals surface area contributed by atoms with Crippen molar-refractivity contribution in [3.8, 4) is 17.2 Å². The molecule has 296 valence electrons. The summed E-state index contributed by atoms with van der Waals surface area (Å²) in [5, 5.41) is 25.5. The Kier molecular flexibility index (Phi) is 12.4. The molecule has 0 spiro atoms. The Bertz CT molecular complexity index is 1930.